The third-order valence-corrected chi connectivity index (χ3v) is 2.98. The number of nitrogen functional groups attached to an aromatic ring is 1. The Morgan fingerprint density at radius 3 is 2.56 bits per heavy atom. The third kappa shape index (κ3) is 2.85. The molecule has 0 atom stereocenters. The van der Waals surface area contributed by atoms with E-state index >= 15 is 0 Å². The molecule has 3 nitrogen and oxygen atoms in total. The predicted molar refractivity (Wildman–Crippen MR) is 67.1 cm³/mol. The van der Waals surface area contributed by atoms with Crippen molar-refractivity contribution in [3.05, 3.63) is 24.0 Å². The quantitative estimate of drug-likeness (QED) is 0.772. The van der Waals surface area contributed by atoms with Gasteiger partial charge in [-0.05, 0) is 40.1 Å². The number of benzene rings is 1. The zero-order valence-corrected chi connectivity index (χ0v) is 10.3. The van der Waals surface area contributed by atoms with Crippen molar-refractivity contribution in [3.8, 4) is 0 Å². The van der Waals surface area contributed by atoms with Gasteiger partial charge in [0.15, 0.2) is 0 Å². The number of para-hydroxylation sites is 1. The zero-order chi connectivity index (χ0) is 12.3. The lowest BCUT2D eigenvalue weighted by Crippen LogP contribution is -2.44. The minimum Gasteiger partial charge on any atom is -0.395 e. The summed E-state index contributed by atoms with van der Waals surface area (Å²) < 4.78 is 13.2. The van der Waals surface area contributed by atoms with E-state index in [2.05, 4.69) is 24.1 Å². The number of nitrogens with zero attached hydrogens (tertiary/aromatic N) is 1. The molecule has 0 aromatic heterocycles. The van der Waals surface area contributed by atoms with Crippen LogP contribution >= 0.6 is 0 Å². The van der Waals surface area contributed by atoms with Crippen LogP contribution in [0, 0.1) is 5.82 Å². The number of hydrogen-bond acceptors (Lipinski definition) is 3. The summed E-state index contributed by atoms with van der Waals surface area (Å²) in [4.78, 5) is 2.11. The predicted octanol–water partition coefficient (Wildman–Crippen LogP) is 2.16. The summed E-state index contributed by atoms with van der Waals surface area (Å²) in [6.07, 6.45) is 0. The van der Waals surface area contributed by atoms with Crippen molar-refractivity contribution in [1.82, 2.24) is 4.90 Å². The molecule has 0 aliphatic carbocycles. The van der Waals surface area contributed by atoms with Gasteiger partial charge < -0.3 is 16.0 Å². The Morgan fingerprint density at radius 2 is 2.00 bits per heavy atom. The summed E-state index contributed by atoms with van der Waals surface area (Å²) in [5.41, 5.74) is 6.45. The Balaban J connectivity index is 2.72. The number of nitrogens with one attached hydrogen (secondary N) is 1. The lowest BCUT2D eigenvalue weighted by atomic mass is 10.0. The molecule has 3 N–H and O–H groups in total. The highest BCUT2D eigenvalue weighted by molar-refractivity contribution is 5.66. The third-order valence-electron chi connectivity index (χ3n) is 2.98. The smallest absolute Gasteiger partial charge is 0.148 e. The largest absolute Gasteiger partial charge is 0.395 e. The second-order valence-electron chi connectivity index (χ2n) is 4.76. The van der Waals surface area contributed by atoms with E-state index in [0.717, 1.165) is 0 Å². The van der Waals surface area contributed by atoms with Gasteiger partial charge in [0.25, 0.3) is 0 Å². The summed E-state index contributed by atoms with van der Waals surface area (Å²) in [6.45, 7) is 4.92. The summed E-state index contributed by atoms with van der Waals surface area (Å²) >= 11 is 0. The molecular weight excluding hydrogens is 205 g/mol. The van der Waals surface area contributed by atoms with Crippen molar-refractivity contribution < 1.29 is 4.39 Å². The lowest BCUT2D eigenvalue weighted by molar-refractivity contribution is 0.210. The minimum atomic E-state index is -0.382. The fraction of sp³-hybridized carbons (Fsp3) is 0.500. The van der Waals surface area contributed by atoms with Crippen LogP contribution in [0.5, 0.6) is 0 Å². The maximum Gasteiger partial charge on any atom is 0.148 e. The Bertz CT molecular complexity index is 361. The van der Waals surface area contributed by atoms with Crippen LogP contribution in [0.25, 0.3) is 0 Å². The van der Waals surface area contributed by atoms with E-state index in [1.807, 2.05) is 14.1 Å². The highest BCUT2D eigenvalue weighted by atomic mass is 19.1. The number of rotatable bonds is 4. The number of halogens is 1. The Morgan fingerprint density at radius 1 is 1.38 bits per heavy atom. The van der Waals surface area contributed by atoms with E-state index in [-0.39, 0.29) is 17.0 Å². The molecule has 0 unspecified atom stereocenters. The van der Waals surface area contributed by atoms with Gasteiger partial charge in [-0.1, -0.05) is 6.07 Å². The fourth-order valence-electron chi connectivity index (χ4n) is 1.16. The number of hydrogen-bond donors (Lipinski definition) is 2. The summed E-state index contributed by atoms with van der Waals surface area (Å²) in [6, 6.07) is 4.79. The van der Waals surface area contributed by atoms with Crippen LogP contribution in [0.2, 0.25) is 0 Å². The zero-order valence-electron chi connectivity index (χ0n) is 10.3. The first-order valence-corrected chi connectivity index (χ1v) is 5.30. The van der Waals surface area contributed by atoms with E-state index in [0.29, 0.717) is 12.2 Å². The molecule has 1 rings (SSSR count). The molecule has 0 aliphatic heterocycles. The van der Waals surface area contributed by atoms with Gasteiger partial charge in [0.1, 0.15) is 5.82 Å². The summed E-state index contributed by atoms with van der Waals surface area (Å²) in [5, 5.41) is 3.17. The molecular formula is C12H20FN3. The van der Waals surface area contributed by atoms with Crippen molar-refractivity contribution in [1.29, 1.82) is 0 Å². The first kappa shape index (κ1) is 12.8. The van der Waals surface area contributed by atoms with Crippen LogP contribution in [0.1, 0.15) is 13.8 Å². The molecule has 4 heteroatoms. The Hall–Kier alpha value is -1.29. The summed E-state index contributed by atoms with van der Waals surface area (Å²) in [7, 11) is 4.02. The van der Waals surface area contributed by atoms with E-state index < -0.39 is 0 Å². The van der Waals surface area contributed by atoms with E-state index in [1.165, 1.54) is 6.07 Å². The van der Waals surface area contributed by atoms with E-state index in [9.17, 15) is 4.39 Å². The number of nitrogens with two attached hydrogens (primary N) is 1. The van der Waals surface area contributed by atoms with Crippen LogP contribution < -0.4 is 11.1 Å². The SMILES string of the molecule is CN(C)C(C)(C)CNc1cccc(F)c1N. The van der Waals surface area contributed by atoms with Crippen molar-refractivity contribution in [3.63, 3.8) is 0 Å². The van der Waals surface area contributed by atoms with Gasteiger partial charge in [-0.2, -0.15) is 0 Å². The van der Waals surface area contributed by atoms with Crippen LogP contribution in [-0.4, -0.2) is 31.1 Å². The normalized spacial score (nSPS) is 11.9. The highest BCUT2D eigenvalue weighted by Gasteiger charge is 2.20. The number of anilines is 2. The average molecular weight is 225 g/mol. The van der Waals surface area contributed by atoms with Crippen molar-refractivity contribution in [2.75, 3.05) is 31.7 Å². The standard InChI is InChI=1S/C12H20FN3/c1-12(2,16(3)4)8-15-10-7-5-6-9(13)11(10)14/h5-7,15H,8,14H2,1-4H3. The molecule has 1 aromatic rings. The van der Waals surface area contributed by atoms with Gasteiger partial charge in [0.2, 0.25) is 0 Å². The van der Waals surface area contributed by atoms with Gasteiger partial charge in [0.05, 0.1) is 11.4 Å². The summed E-state index contributed by atoms with van der Waals surface area (Å²) in [5.74, 6) is -0.382. The Kier molecular flexibility index (Phi) is 3.75. The molecule has 90 valence electrons. The minimum absolute atomic E-state index is 0.0151. The molecule has 0 saturated heterocycles. The second kappa shape index (κ2) is 4.70. The Labute approximate surface area is 96.4 Å². The van der Waals surface area contributed by atoms with Gasteiger partial charge >= 0.3 is 0 Å². The maximum atomic E-state index is 13.2. The molecule has 0 radical (unpaired) electrons. The van der Waals surface area contributed by atoms with Crippen LogP contribution in [0.3, 0.4) is 0 Å². The topological polar surface area (TPSA) is 41.3 Å². The fourth-order valence-corrected chi connectivity index (χ4v) is 1.16. The first-order chi connectivity index (χ1) is 7.34. The monoisotopic (exact) mass is 225 g/mol. The average Bonchev–Trinajstić information content (AvgIpc) is 2.20. The highest BCUT2D eigenvalue weighted by Crippen LogP contribution is 2.22. The lowest BCUT2D eigenvalue weighted by Gasteiger charge is -2.33. The van der Waals surface area contributed by atoms with Gasteiger partial charge in [0, 0.05) is 12.1 Å². The number of likely N-dealkylation sites (N-methyl/N-ethyl adjacent to an activating group) is 1. The van der Waals surface area contributed by atoms with Crippen molar-refractivity contribution >= 4 is 11.4 Å². The van der Waals surface area contributed by atoms with Gasteiger partial charge in [-0.3, -0.25) is 0 Å². The van der Waals surface area contributed by atoms with Gasteiger partial charge in [-0.15, -0.1) is 0 Å². The van der Waals surface area contributed by atoms with Crippen LogP contribution in [-0.2, 0) is 0 Å². The van der Waals surface area contributed by atoms with E-state index in [4.69, 9.17) is 5.73 Å². The van der Waals surface area contributed by atoms with Crippen molar-refractivity contribution in [2.24, 2.45) is 0 Å². The molecule has 16 heavy (non-hydrogen) atoms. The van der Waals surface area contributed by atoms with Crippen molar-refractivity contribution in [2.45, 2.75) is 19.4 Å². The van der Waals surface area contributed by atoms with E-state index in [1.54, 1.807) is 12.1 Å². The molecule has 1 aromatic carbocycles. The van der Waals surface area contributed by atoms with Crippen LogP contribution in [0.15, 0.2) is 18.2 Å². The molecule has 0 aliphatic rings. The van der Waals surface area contributed by atoms with Gasteiger partial charge in [-0.25, -0.2) is 4.39 Å². The molecule has 0 heterocycles. The van der Waals surface area contributed by atoms with Crippen LogP contribution in [0.4, 0.5) is 15.8 Å². The molecule has 0 saturated carbocycles. The molecule has 0 amide bonds. The molecule has 0 bridgehead atoms. The maximum absolute atomic E-state index is 13.2. The first-order valence-electron chi connectivity index (χ1n) is 5.30. The second-order valence-corrected chi connectivity index (χ2v) is 4.76. The molecule has 0 spiro atoms. The molecule has 0 fully saturated rings.